The Bertz CT molecular complexity index is 775. The number of likely N-dealkylation sites (tertiary alicyclic amines) is 1. The van der Waals surface area contributed by atoms with Crippen LogP contribution in [0.5, 0.6) is 0 Å². The van der Waals surface area contributed by atoms with E-state index in [1.165, 1.54) is 35.0 Å². The lowest BCUT2D eigenvalue weighted by Gasteiger charge is -2.43. The predicted molar refractivity (Wildman–Crippen MR) is 110 cm³/mol. The van der Waals surface area contributed by atoms with Crippen LogP contribution in [0.25, 0.3) is 0 Å². The molecule has 0 bridgehead atoms. The number of amides is 1. The van der Waals surface area contributed by atoms with E-state index >= 15 is 0 Å². The molecule has 0 radical (unpaired) electrons. The molecule has 0 saturated carbocycles. The van der Waals surface area contributed by atoms with Crippen molar-refractivity contribution in [3.63, 3.8) is 0 Å². The Morgan fingerprint density at radius 1 is 1.07 bits per heavy atom. The van der Waals surface area contributed by atoms with Crippen LogP contribution in [0, 0.1) is 0 Å². The van der Waals surface area contributed by atoms with E-state index in [9.17, 15) is 13.2 Å². The maximum atomic E-state index is 13.2. The summed E-state index contributed by atoms with van der Waals surface area (Å²) in [6.07, 6.45) is 3.83. The van der Waals surface area contributed by atoms with Gasteiger partial charge >= 0.3 is 0 Å². The number of piperidine rings is 1. The first-order valence-electron chi connectivity index (χ1n) is 10.2. The number of rotatable bonds is 4. The van der Waals surface area contributed by atoms with Gasteiger partial charge in [-0.1, -0.05) is 6.07 Å². The summed E-state index contributed by atoms with van der Waals surface area (Å²) in [6.45, 7) is 5.87. The van der Waals surface area contributed by atoms with E-state index in [0.717, 1.165) is 26.1 Å². The molecule has 0 spiro atoms. The van der Waals surface area contributed by atoms with Crippen molar-refractivity contribution in [3.05, 3.63) is 17.5 Å². The summed E-state index contributed by atoms with van der Waals surface area (Å²) >= 11 is 1.22. The smallest absolute Gasteiger partial charge is 0.253 e. The van der Waals surface area contributed by atoms with Gasteiger partial charge in [0.25, 0.3) is 10.0 Å². The molecule has 2 unspecified atom stereocenters. The summed E-state index contributed by atoms with van der Waals surface area (Å²) in [6, 6.07) is 3.41. The molecular formula is C19H30N4O3S2. The third-order valence-corrected chi connectivity index (χ3v) is 9.57. The highest BCUT2D eigenvalue weighted by Gasteiger charge is 2.42. The first-order chi connectivity index (χ1) is 13.5. The highest BCUT2D eigenvalue weighted by Crippen LogP contribution is 2.30. The number of likely N-dealkylation sites (N-methyl/N-ethyl adjacent to an activating group) is 1. The Balaban J connectivity index is 1.38. The molecule has 3 aliphatic rings. The van der Waals surface area contributed by atoms with Crippen LogP contribution in [0.4, 0.5) is 0 Å². The fourth-order valence-corrected chi connectivity index (χ4v) is 7.53. The number of hydrogen-bond acceptors (Lipinski definition) is 6. The van der Waals surface area contributed by atoms with Crippen LogP contribution in [-0.2, 0) is 14.8 Å². The number of thiophene rings is 1. The van der Waals surface area contributed by atoms with Gasteiger partial charge in [0.05, 0.1) is 0 Å². The van der Waals surface area contributed by atoms with Crippen molar-refractivity contribution in [2.75, 3.05) is 52.9 Å². The van der Waals surface area contributed by atoms with Gasteiger partial charge in [0.2, 0.25) is 5.91 Å². The molecule has 4 rings (SSSR count). The van der Waals surface area contributed by atoms with Gasteiger partial charge in [0.15, 0.2) is 0 Å². The second-order valence-electron chi connectivity index (χ2n) is 8.13. The average molecular weight is 427 g/mol. The minimum Gasteiger partial charge on any atom is -0.339 e. The van der Waals surface area contributed by atoms with Gasteiger partial charge in [-0.05, 0) is 50.7 Å². The zero-order chi connectivity index (χ0) is 19.7. The summed E-state index contributed by atoms with van der Waals surface area (Å²) in [5.41, 5.74) is 0. The summed E-state index contributed by atoms with van der Waals surface area (Å²) in [5, 5.41) is 1.77. The molecule has 3 saturated heterocycles. The lowest BCUT2D eigenvalue weighted by Crippen LogP contribution is -2.58. The fourth-order valence-electron chi connectivity index (χ4n) is 4.76. The Morgan fingerprint density at radius 3 is 2.50 bits per heavy atom. The Hall–Kier alpha value is -1.00. The van der Waals surface area contributed by atoms with E-state index < -0.39 is 16.1 Å². The molecule has 0 aliphatic carbocycles. The molecule has 1 aromatic rings. The fraction of sp³-hybridized carbons (Fsp3) is 0.737. The third-order valence-electron chi connectivity index (χ3n) is 6.29. The number of carbonyl (C=O) groups is 1. The van der Waals surface area contributed by atoms with Gasteiger partial charge in [-0.3, -0.25) is 9.69 Å². The molecule has 3 aliphatic heterocycles. The molecule has 4 heterocycles. The lowest BCUT2D eigenvalue weighted by atomic mass is 10.0. The highest BCUT2D eigenvalue weighted by molar-refractivity contribution is 7.91. The summed E-state index contributed by atoms with van der Waals surface area (Å²) in [5.74, 6) is -0.0157. The molecule has 156 valence electrons. The van der Waals surface area contributed by atoms with E-state index in [0.29, 0.717) is 36.3 Å². The topological polar surface area (TPSA) is 64.2 Å². The normalized spacial score (nSPS) is 28.7. The van der Waals surface area contributed by atoms with Crippen molar-refractivity contribution in [1.82, 2.24) is 19.0 Å². The Kier molecular flexibility index (Phi) is 6.08. The molecule has 9 heteroatoms. The summed E-state index contributed by atoms with van der Waals surface area (Å²) in [4.78, 5) is 19.9. The monoisotopic (exact) mass is 426 g/mol. The van der Waals surface area contributed by atoms with Crippen LogP contribution in [0.15, 0.2) is 21.7 Å². The molecule has 1 amide bonds. The first kappa shape index (κ1) is 20.3. The van der Waals surface area contributed by atoms with Gasteiger partial charge in [0, 0.05) is 45.3 Å². The number of sulfonamides is 1. The second kappa shape index (κ2) is 8.39. The molecule has 0 N–H and O–H groups in total. The van der Waals surface area contributed by atoms with E-state index in [1.54, 1.807) is 17.5 Å². The van der Waals surface area contributed by atoms with E-state index in [4.69, 9.17) is 0 Å². The number of piperazine rings is 1. The van der Waals surface area contributed by atoms with Crippen molar-refractivity contribution in [2.45, 2.75) is 42.0 Å². The van der Waals surface area contributed by atoms with Gasteiger partial charge in [-0.25, -0.2) is 8.42 Å². The SMILES string of the molecule is CN1CCCC(N2CCN(C(=O)C3CCCN3S(=O)(=O)c3cccs3)CC2)C1. The maximum absolute atomic E-state index is 13.2. The standard InChI is InChI=1S/C19H30N4O3S2/c1-20-8-2-5-16(15-20)21-10-12-22(13-11-21)19(24)17-6-3-9-23(17)28(25,26)18-7-4-14-27-18/h4,7,14,16-17H,2-3,5-6,8-13,15H2,1H3. The predicted octanol–water partition coefficient (Wildman–Crippen LogP) is 1.14. The van der Waals surface area contributed by atoms with Crippen LogP contribution in [-0.4, -0.2) is 98.3 Å². The molecule has 2 atom stereocenters. The zero-order valence-electron chi connectivity index (χ0n) is 16.5. The number of hydrogen-bond donors (Lipinski definition) is 0. The van der Waals surface area contributed by atoms with Crippen LogP contribution < -0.4 is 0 Å². The molecule has 0 aromatic carbocycles. The van der Waals surface area contributed by atoms with Crippen molar-refractivity contribution in [2.24, 2.45) is 0 Å². The summed E-state index contributed by atoms with van der Waals surface area (Å²) in [7, 11) is -1.40. The molecule has 28 heavy (non-hydrogen) atoms. The Morgan fingerprint density at radius 2 is 1.82 bits per heavy atom. The molecule has 3 fully saturated rings. The van der Waals surface area contributed by atoms with Gasteiger partial charge < -0.3 is 9.80 Å². The highest BCUT2D eigenvalue weighted by atomic mass is 32.2. The molecule has 7 nitrogen and oxygen atoms in total. The van der Waals surface area contributed by atoms with Gasteiger partial charge in [-0.15, -0.1) is 11.3 Å². The largest absolute Gasteiger partial charge is 0.339 e. The van der Waals surface area contributed by atoms with Crippen molar-refractivity contribution < 1.29 is 13.2 Å². The second-order valence-corrected chi connectivity index (χ2v) is 11.2. The van der Waals surface area contributed by atoms with Gasteiger partial charge in [-0.2, -0.15) is 4.31 Å². The van der Waals surface area contributed by atoms with Crippen molar-refractivity contribution in [3.8, 4) is 0 Å². The average Bonchev–Trinajstić information content (AvgIpc) is 3.40. The maximum Gasteiger partial charge on any atom is 0.253 e. The lowest BCUT2D eigenvalue weighted by molar-refractivity contribution is -0.136. The third kappa shape index (κ3) is 4.00. The van der Waals surface area contributed by atoms with Crippen LogP contribution >= 0.6 is 11.3 Å². The van der Waals surface area contributed by atoms with Crippen molar-refractivity contribution in [1.29, 1.82) is 0 Å². The summed E-state index contributed by atoms with van der Waals surface area (Å²) < 4.78 is 27.6. The zero-order valence-corrected chi connectivity index (χ0v) is 18.1. The van der Waals surface area contributed by atoms with E-state index in [1.807, 2.05) is 4.90 Å². The van der Waals surface area contributed by atoms with Crippen LogP contribution in [0.1, 0.15) is 25.7 Å². The van der Waals surface area contributed by atoms with Gasteiger partial charge in [0.1, 0.15) is 10.3 Å². The van der Waals surface area contributed by atoms with E-state index in [-0.39, 0.29) is 5.91 Å². The first-order valence-corrected chi connectivity index (χ1v) is 12.6. The van der Waals surface area contributed by atoms with Crippen molar-refractivity contribution >= 4 is 27.3 Å². The molecule has 1 aromatic heterocycles. The number of nitrogens with zero attached hydrogens (tertiary/aromatic N) is 4. The van der Waals surface area contributed by atoms with Crippen LogP contribution in [0.3, 0.4) is 0 Å². The van der Waals surface area contributed by atoms with Crippen LogP contribution in [0.2, 0.25) is 0 Å². The number of carbonyl (C=O) groups excluding carboxylic acids is 1. The quantitative estimate of drug-likeness (QED) is 0.723. The van der Waals surface area contributed by atoms with E-state index in [2.05, 4.69) is 16.8 Å². The molecular weight excluding hydrogens is 396 g/mol. The minimum atomic E-state index is -3.57. The Labute approximate surface area is 171 Å². The minimum absolute atomic E-state index is 0.0157.